The van der Waals surface area contributed by atoms with Crippen LogP contribution in [0, 0.1) is 10.2 Å². The Morgan fingerprint density at radius 3 is 2.29 bits per heavy atom. The van der Waals surface area contributed by atoms with Crippen molar-refractivity contribution in [2.45, 2.75) is 10.3 Å². The lowest BCUT2D eigenvalue weighted by molar-refractivity contribution is -1.92. The molecule has 1 atom stereocenters. The summed E-state index contributed by atoms with van der Waals surface area (Å²) in [6.45, 7) is 0. The number of benzene rings is 2. The van der Waals surface area contributed by atoms with Crippen molar-refractivity contribution >= 4 is 17.3 Å². The molecule has 1 aliphatic heterocycles. The standard InChI is InChI=1S/C15H11ClO4S/c17-16(18,19)20-15-10-13(11-6-2-1-3-7-11)12-8-4-5-9-14(12)21-15/h1-10,15H. The number of thioether (sulfide) groups is 1. The highest BCUT2D eigenvalue weighted by Crippen LogP contribution is 2.41. The molecule has 0 saturated carbocycles. The van der Waals surface area contributed by atoms with E-state index < -0.39 is 15.7 Å². The van der Waals surface area contributed by atoms with Crippen molar-refractivity contribution in [1.82, 2.24) is 0 Å². The second kappa shape index (κ2) is 5.81. The summed E-state index contributed by atoms with van der Waals surface area (Å²) in [5.41, 5.74) is 1.93. The van der Waals surface area contributed by atoms with Crippen LogP contribution in [0.2, 0.25) is 0 Å². The van der Waals surface area contributed by atoms with Crippen LogP contribution in [0.25, 0.3) is 5.57 Å². The maximum absolute atomic E-state index is 10.8. The monoisotopic (exact) mass is 322 g/mol. The fraction of sp³-hybridized carbons (Fsp3) is 0.0667. The van der Waals surface area contributed by atoms with Crippen molar-refractivity contribution in [1.29, 1.82) is 0 Å². The van der Waals surface area contributed by atoms with Crippen LogP contribution >= 0.6 is 11.8 Å². The van der Waals surface area contributed by atoms with Crippen LogP contribution in [0.15, 0.2) is 65.6 Å². The first-order valence-electron chi connectivity index (χ1n) is 6.15. The minimum absolute atomic E-state index is 0.855. The smallest absolute Gasteiger partial charge is 0.183 e. The molecule has 1 heterocycles. The largest absolute Gasteiger partial charge is 0.283 e. The lowest BCUT2D eigenvalue weighted by atomic mass is 9.97. The number of rotatable bonds is 3. The van der Waals surface area contributed by atoms with Crippen LogP contribution in [0.4, 0.5) is 0 Å². The van der Waals surface area contributed by atoms with E-state index in [0.717, 1.165) is 21.6 Å². The number of fused-ring (bicyclic) bond motifs is 1. The Labute approximate surface area is 128 Å². The van der Waals surface area contributed by atoms with Crippen molar-refractivity contribution in [3.8, 4) is 0 Å². The van der Waals surface area contributed by atoms with E-state index in [1.807, 2.05) is 54.6 Å². The van der Waals surface area contributed by atoms with E-state index in [2.05, 4.69) is 4.29 Å². The summed E-state index contributed by atoms with van der Waals surface area (Å²) in [6.07, 6.45) is 1.66. The zero-order valence-electron chi connectivity index (χ0n) is 10.8. The molecule has 0 aromatic heterocycles. The molecule has 0 fully saturated rings. The zero-order valence-corrected chi connectivity index (χ0v) is 12.3. The Kier molecular flexibility index (Phi) is 4.03. The predicted octanol–water partition coefficient (Wildman–Crippen LogP) is 0.464. The first-order valence-corrected chi connectivity index (χ1v) is 8.27. The second-order valence-electron chi connectivity index (χ2n) is 4.40. The SMILES string of the molecule is [O-][Cl+3]([O-])([O-])OC1C=C(c2ccccc2)c2ccccc2S1. The van der Waals surface area contributed by atoms with Crippen LogP contribution in [0.1, 0.15) is 11.1 Å². The third kappa shape index (κ3) is 3.47. The molecule has 1 aliphatic rings. The molecular weight excluding hydrogens is 312 g/mol. The van der Waals surface area contributed by atoms with Crippen LogP contribution in [0.3, 0.4) is 0 Å². The third-order valence-corrected chi connectivity index (χ3v) is 4.60. The summed E-state index contributed by atoms with van der Waals surface area (Å²) < 4.78 is 37.0. The Morgan fingerprint density at radius 1 is 0.905 bits per heavy atom. The lowest BCUT2D eigenvalue weighted by Gasteiger charge is -2.23. The Hall–Kier alpha value is -1.34. The normalized spacial score (nSPS) is 18.0. The summed E-state index contributed by atoms with van der Waals surface area (Å²) >= 11 is 1.20. The first-order chi connectivity index (χ1) is 10.0. The minimum Gasteiger partial charge on any atom is -0.183 e. The van der Waals surface area contributed by atoms with Gasteiger partial charge in [-0.25, -0.2) is 0 Å². The maximum Gasteiger partial charge on any atom is 0.283 e. The highest BCUT2D eigenvalue weighted by Gasteiger charge is 2.32. The summed E-state index contributed by atoms with van der Waals surface area (Å²) in [5.74, 6) is 0. The Balaban J connectivity index is 2.04. The van der Waals surface area contributed by atoms with Crippen LogP contribution in [-0.4, -0.2) is 5.44 Å². The molecule has 21 heavy (non-hydrogen) atoms. The van der Waals surface area contributed by atoms with Gasteiger partial charge in [0.1, 0.15) is 0 Å². The van der Waals surface area contributed by atoms with E-state index in [4.69, 9.17) is 0 Å². The molecule has 0 aliphatic carbocycles. The molecular formula is C15H11ClO4S. The molecule has 3 rings (SSSR count). The van der Waals surface area contributed by atoms with Gasteiger partial charge in [0.2, 0.25) is 0 Å². The van der Waals surface area contributed by atoms with Gasteiger partial charge in [-0.05, 0) is 28.8 Å². The van der Waals surface area contributed by atoms with E-state index in [0.29, 0.717) is 0 Å². The van der Waals surface area contributed by atoms with E-state index in [1.165, 1.54) is 11.8 Å². The number of hydrogen-bond donors (Lipinski definition) is 0. The molecule has 4 nitrogen and oxygen atoms in total. The number of hydrogen-bond acceptors (Lipinski definition) is 5. The molecule has 108 valence electrons. The average Bonchev–Trinajstić information content (AvgIpc) is 2.45. The molecule has 0 spiro atoms. The van der Waals surface area contributed by atoms with Crippen molar-refractivity contribution in [3.05, 3.63) is 71.8 Å². The van der Waals surface area contributed by atoms with Gasteiger partial charge in [-0.1, -0.05) is 60.3 Å². The van der Waals surface area contributed by atoms with Gasteiger partial charge >= 0.3 is 0 Å². The second-order valence-corrected chi connectivity index (χ2v) is 6.47. The van der Waals surface area contributed by atoms with E-state index in [1.54, 1.807) is 6.08 Å². The van der Waals surface area contributed by atoms with Crippen LogP contribution < -0.4 is 14.0 Å². The topological polar surface area (TPSA) is 78.4 Å². The van der Waals surface area contributed by atoms with E-state index >= 15 is 0 Å². The highest BCUT2D eigenvalue weighted by molar-refractivity contribution is 8.00. The van der Waals surface area contributed by atoms with Crippen LogP contribution in [0.5, 0.6) is 0 Å². The van der Waals surface area contributed by atoms with Crippen LogP contribution in [-0.2, 0) is 4.29 Å². The predicted molar refractivity (Wildman–Crippen MR) is 70.7 cm³/mol. The zero-order chi connectivity index (χ0) is 14.9. The Bertz CT molecular complexity index is 667. The van der Waals surface area contributed by atoms with Gasteiger partial charge in [-0.15, -0.1) is 0 Å². The molecule has 1 unspecified atom stereocenters. The molecule has 2 aromatic carbocycles. The fourth-order valence-electron chi connectivity index (χ4n) is 2.20. The van der Waals surface area contributed by atoms with Gasteiger partial charge in [0.15, 0.2) is 0 Å². The fourth-order valence-corrected chi connectivity index (χ4v) is 3.79. The molecule has 0 bridgehead atoms. The van der Waals surface area contributed by atoms with Gasteiger partial charge in [-0.3, -0.25) is 0 Å². The maximum atomic E-state index is 10.8. The third-order valence-electron chi connectivity index (χ3n) is 3.00. The van der Waals surface area contributed by atoms with Gasteiger partial charge in [-0.2, -0.15) is 14.0 Å². The molecule has 0 radical (unpaired) electrons. The van der Waals surface area contributed by atoms with Gasteiger partial charge < -0.3 is 0 Å². The number of halogens is 1. The average molecular weight is 323 g/mol. The molecule has 0 amide bonds. The minimum atomic E-state index is -4.47. The summed E-state index contributed by atoms with van der Waals surface area (Å²) in [6, 6.07) is 17.2. The van der Waals surface area contributed by atoms with E-state index in [-0.39, 0.29) is 0 Å². The van der Waals surface area contributed by atoms with Gasteiger partial charge in [0.25, 0.3) is 5.44 Å². The molecule has 6 heteroatoms. The summed E-state index contributed by atoms with van der Waals surface area (Å²) in [4.78, 5) is 0.878. The first kappa shape index (κ1) is 14.6. The van der Waals surface area contributed by atoms with Gasteiger partial charge in [0.05, 0.1) is 14.5 Å². The van der Waals surface area contributed by atoms with Crippen molar-refractivity contribution in [2.75, 3.05) is 0 Å². The summed E-state index contributed by atoms with van der Waals surface area (Å²) in [5, 5.41) is 0. The molecule has 0 N–H and O–H groups in total. The van der Waals surface area contributed by atoms with Crippen molar-refractivity contribution in [2.24, 2.45) is 0 Å². The molecule has 2 aromatic rings. The van der Waals surface area contributed by atoms with Crippen molar-refractivity contribution in [3.63, 3.8) is 0 Å². The summed E-state index contributed by atoms with van der Waals surface area (Å²) in [7, 11) is -4.47. The highest BCUT2D eigenvalue weighted by atomic mass is 35.7. The van der Waals surface area contributed by atoms with Gasteiger partial charge in [0, 0.05) is 4.90 Å². The Morgan fingerprint density at radius 2 is 1.57 bits per heavy atom. The quantitative estimate of drug-likeness (QED) is 0.820. The lowest BCUT2D eigenvalue weighted by Crippen LogP contribution is -2.61. The van der Waals surface area contributed by atoms with Crippen molar-refractivity contribution < 1.29 is 28.5 Å². The molecule has 0 saturated heterocycles. The van der Waals surface area contributed by atoms with E-state index in [9.17, 15) is 14.0 Å².